The number of carbonyl (C=O) groups is 1. The fourth-order valence-corrected chi connectivity index (χ4v) is 2.91. The number of aryl methyl sites for hydroxylation is 1. The molecule has 8 heteroatoms. The van der Waals surface area contributed by atoms with Crippen LogP contribution in [0.5, 0.6) is 0 Å². The third-order valence-corrected chi connectivity index (χ3v) is 4.17. The Morgan fingerprint density at radius 1 is 1.52 bits per heavy atom. The summed E-state index contributed by atoms with van der Waals surface area (Å²) in [5, 5.41) is 3.47. The Morgan fingerprint density at radius 3 is 3.09 bits per heavy atom. The second-order valence-electron chi connectivity index (χ2n) is 5.66. The third kappa shape index (κ3) is 3.39. The van der Waals surface area contributed by atoms with Crippen molar-refractivity contribution >= 4 is 23.3 Å². The molecule has 1 fully saturated rings. The average Bonchev–Trinajstić information content (AvgIpc) is 2.97. The molecule has 2 N–H and O–H groups in total. The van der Waals surface area contributed by atoms with Gasteiger partial charge >= 0.3 is 0 Å². The number of rotatable bonds is 3. The quantitative estimate of drug-likeness (QED) is 0.881. The number of piperidine rings is 1. The highest BCUT2D eigenvalue weighted by atomic mass is 35.5. The number of aromatic amines is 1. The number of hydrogen-bond acceptors (Lipinski definition) is 4. The van der Waals surface area contributed by atoms with Crippen LogP contribution in [0.2, 0.25) is 5.02 Å². The third-order valence-electron chi connectivity index (χ3n) is 3.95. The minimum Gasteiger partial charge on any atom is -0.356 e. The zero-order valence-electron chi connectivity index (χ0n) is 12.8. The van der Waals surface area contributed by atoms with Gasteiger partial charge in [0.05, 0.1) is 5.02 Å². The van der Waals surface area contributed by atoms with Crippen LogP contribution in [-0.2, 0) is 7.05 Å². The van der Waals surface area contributed by atoms with E-state index in [1.54, 1.807) is 31.7 Å². The predicted octanol–water partition coefficient (Wildman–Crippen LogP) is 1.16. The second-order valence-corrected chi connectivity index (χ2v) is 6.09. The van der Waals surface area contributed by atoms with Crippen molar-refractivity contribution in [1.29, 1.82) is 0 Å². The van der Waals surface area contributed by atoms with E-state index in [1.807, 2.05) is 4.90 Å². The first-order valence-electron chi connectivity index (χ1n) is 7.46. The Bertz CT molecular complexity index is 769. The van der Waals surface area contributed by atoms with E-state index in [2.05, 4.69) is 15.3 Å². The standard InChI is InChI=1S/C15H18ClN5O2/c1-20-6-4-17-13(15(20)23)21-5-2-3-11(9-21)19-14(22)12-7-10(16)8-18-12/h4,6-8,11,18H,2-3,5,9H2,1H3,(H,19,22)/t11-/m1/s1. The minimum absolute atomic E-state index is 0.0370. The molecule has 0 aliphatic carbocycles. The van der Waals surface area contributed by atoms with Crippen molar-refractivity contribution in [2.45, 2.75) is 18.9 Å². The molecule has 0 unspecified atom stereocenters. The molecule has 0 radical (unpaired) electrons. The Labute approximate surface area is 138 Å². The summed E-state index contributed by atoms with van der Waals surface area (Å²) < 4.78 is 1.51. The maximum Gasteiger partial charge on any atom is 0.293 e. The molecular weight excluding hydrogens is 318 g/mol. The molecule has 0 bridgehead atoms. The second kappa shape index (κ2) is 6.45. The van der Waals surface area contributed by atoms with Gasteiger partial charge in [0.25, 0.3) is 11.5 Å². The van der Waals surface area contributed by atoms with E-state index in [9.17, 15) is 9.59 Å². The molecule has 1 amide bonds. The highest BCUT2D eigenvalue weighted by Crippen LogP contribution is 2.15. The van der Waals surface area contributed by atoms with Gasteiger partial charge in [-0.3, -0.25) is 9.59 Å². The summed E-state index contributed by atoms with van der Waals surface area (Å²) in [6, 6.07) is 1.55. The predicted molar refractivity (Wildman–Crippen MR) is 88.0 cm³/mol. The Balaban J connectivity index is 1.70. The number of nitrogens with zero attached hydrogens (tertiary/aromatic N) is 3. The molecule has 1 aliphatic heterocycles. The lowest BCUT2D eigenvalue weighted by molar-refractivity contribution is 0.0928. The minimum atomic E-state index is -0.197. The molecule has 3 heterocycles. The first-order valence-corrected chi connectivity index (χ1v) is 7.84. The summed E-state index contributed by atoms with van der Waals surface area (Å²) >= 11 is 5.82. The fourth-order valence-electron chi connectivity index (χ4n) is 2.75. The Kier molecular flexibility index (Phi) is 4.38. The van der Waals surface area contributed by atoms with Crippen LogP contribution in [0.15, 0.2) is 29.5 Å². The van der Waals surface area contributed by atoms with Crippen molar-refractivity contribution in [2.24, 2.45) is 7.05 Å². The van der Waals surface area contributed by atoms with Crippen molar-refractivity contribution in [2.75, 3.05) is 18.0 Å². The number of nitrogens with one attached hydrogen (secondary N) is 2. The van der Waals surface area contributed by atoms with Crippen molar-refractivity contribution in [1.82, 2.24) is 19.9 Å². The van der Waals surface area contributed by atoms with Crippen LogP contribution in [0.4, 0.5) is 5.82 Å². The summed E-state index contributed by atoms with van der Waals surface area (Å²) in [6.07, 6.45) is 6.56. The number of halogens is 1. The van der Waals surface area contributed by atoms with Crippen LogP contribution in [0, 0.1) is 0 Å². The molecular formula is C15H18ClN5O2. The van der Waals surface area contributed by atoms with Gasteiger partial charge in [0.2, 0.25) is 0 Å². The highest BCUT2D eigenvalue weighted by Gasteiger charge is 2.24. The van der Waals surface area contributed by atoms with Gasteiger partial charge in [0.15, 0.2) is 5.82 Å². The summed E-state index contributed by atoms with van der Waals surface area (Å²) in [7, 11) is 1.70. The van der Waals surface area contributed by atoms with Gasteiger partial charge in [0.1, 0.15) is 5.69 Å². The molecule has 1 saturated heterocycles. The largest absolute Gasteiger partial charge is 0.356 e. The lowest BCUT2D eigenvalue weighted by Crippen LogP contribution is -2.49. The number of hydrogen-bond donors (Lipinski definition) is 2. The smallest absolute Gasteiger partial charge is 0.293 e. The summed E-state index contributed by atoms with van der Waals surface area (Å²) in [5.41, 5.74) is 0.302. The van der Waals surface area contributed by atoms with E-state index in [1.165, 1.54) is 4.57 Å². The number of amides is 1. The molecule has 3 rings (SSSR count). The first kappa shape index (κ1) is 15.6. The number of H-pyrrole nitrogens is 1. The van der Waals surface area contributed by atoms with Gasteiger partial charge in [-0.05, 0) is 18.9 Å². The molecule has 0 spiro atoms. The molecule has 23 heavy (non-hydrogen) atoms. The number of carbonyl (C=O) groups excluding carboxylic acids is 1. The Morgan fingerprint density at radius 2 is 2.35 bits per heavy atom. The highest BCUT2D eigenvalue weighted by molar-refractivity contribution is 6.30. The fraction of sp³-hybridized carbons (Fsp3) is 0.400. The van der Waals surface area contributed by atoms with Crippen LogP contribution < -0.4 is 15.8 Å². The van der Waals surface area contributed by atoms with Gasteiger partial charge in [-0.15, -0.1) is 0 Å². The average molecular weight is 336 g/mol. The van der Waals surface area contributed by atoms with E-state index < -0.39 is 0 Å². The van der Waals surface area contributed by atoms with E-state index in [0.717, 1.165) is 19.4 Å². The van der Waals surface area contributed by atoms with Crippen LogP contribution in [0.3, 0.4) is 0 Å². The molecule has 122 valence electrons. The summed E-state index contributed by atoms with van der Waals surface area (Å²) in [5.74, 6) is 0.231. The lowest BCUT2D eigenvalue weighted by atomic mass is 10.1. The molecule has 2 aromatic heterocycles. The van der Waals surface area contributed by atoms with Crippen LogP contribution in [-0.4, -0.2) is 39.6 Å². The monoisotopic (exact) mass is 335 g/mol. The summed E-state index contributed by atoms with van der Waals surface area (Å²) in [6.45, 7) is 1.32. The molecule has 1 atom stereocenters. The first-order chi connectivity index (χ1) is 11.0. The molecule has 2 aromatic rings. The topological polar surface area (TPSA) is 83.0 Å². The van der Waals surface area contributed by atoms with E-state index >= 15 is 0 Å². The lowest BCUT2D eigenvalue weighted by Gasteiger charge is -2.33. The van der Waals surface area contributed by atoms with Crippen molar-refractivity contribution in [3.8, 4) is 0 Å². The van der Waals surface area contributed by atoms with Crippen LogP contribution >= 0.6 is 11.6 Å². The van der Waals surface area contributed by atoms with Gasteiger partial charge < -0.3 is 19.8 Å². The van der Waals surface area contributed by atoms with E-state index in [4.69, 9.17) is 11.6 Å². The van der Waals surface area contributed by atoms with Crippen LogP contribution in [0.1, 0.15) is 23.3 Å². The van der Waals surface area contributed by atoms with Gasteiger partial charge in [-0.1, -0.05) is 11.6 Å². The SMILES string of the molecule is Cn1ccnc(N2CCC[C@@H](NC(=O)c3cc(Cl)c[nH]3)C2)c1=O. The zero-order chi connectivity index (χ0) is 16.4. The molecule has 0 saturated carbocycles. The van der Waals surface area contributed by atoms with E-state index in [-0.39, 0.29) is 17.5 Å². The molecule has 1 aliphatic rings. The van der Waals surface area contributed by atoms with Gasteiger partial charge in [-0.2, -0.15) is 0 Å². The van der Waals surface area contributed by atoms with Crippen LogP contribution in [0.25, 0.3) is 0 Å². The summed E-state index contributed by atoms with van der Waals surface area (Å²) in [4.78, 5) is 33.3. The zero-order valence-corrected chi connectivity index (χ0v) is 13.5. The van der Waals surface area contributed by atoms with Crippen molar-refractivity contribution in [3.63, 3.8) is 0 Å². The Hall–Kier alpha value is -2.28. The van der Waals surface area contributed by atoms with E-state index in [0.29, 0.717) is 23.1 Å². The van der Waals surface area contributed by atoms with Crippen molar-refractivity contribution < 1.29 is 4.79 Å². The van der Waals surface area contributed by atoms with Gasteiger partial charge in [-0.25, -0.2) is 4.98 Å². The molecule has 7 nitrogen and oxygen atoms in total. The van der Waals surface area contributed by atoms with Gasteiger partial charge in [0, 0.05) is 44.8 Å². The maximum absolute atomic E-state index is 12.2. The number of anilines is 1. The maximum atomic E-state index is 12.2. The van der Waals surface area contributed by atoms with Crippen molar-refractivity contribution in [3.05, 3.63) is 45.7 Å². The normalized spacial score (nSPS) is 18.0. The number of aromatic nitrogens is 3. The molecule has 0 aromatic carbocycles.